The molecule has 5 rings (SSSR count). The summed E-state index contributed by atoms with van der Waals surface area (Å²) in [5.41, 5.74) is 3.59. The smallest absolute Gasteiger partial charge is 0.357 e. The number of aromatic nitrogens is 4. The second-order valence-electron chi connectivity index (χ2n) is 15.4. The fourth-order valence-corrected chi connectivity index (χ4v) is 9.36. The summed E-state index contributed by atoms with van der Waals surface area (Å²) in [4.78, 5) is 26.5. The number of hydrogen-bond donors (Lipinski definition) is 0. The van der Waals surface area contributed by atoms with Gasteiger partial charge in [-0.2, -0.15) is 4.99 Å². The van der Waals surface area contributed by atoms with Crippen molar-refractivity contribution in [2.24, 2.45) is 4.99 Å². The van der Waals surface area contributed by atoms with Crippen molar-refractivity contribution in [2.75, 3.05) is 31.8 Å². The highest BCUT2D eigenvalue weighted by Crippen LogP contribution is 2.39. The van der Waals surface area contributed by atoms with Gasteiger partial charge >= 0.3 is 5.97 Å². The van der Waals surface area contributed by atoms with Crippen molar-refractivity contribution in [2.45, 2.75) is 104 Å². The number of thiazole rings is 2. The van der Waals surface area contributed by atoms with Gasteiger partial charge in [0.1, 0.15) is 6.73 Å². The van der Waals surface area contributed by atoms with Crippen molar-refractivity contribution in [1.29, 1.82) is 0 Å². The molecule has 1 aromatic carbocycles. The SMILES string of the molecule is COC(=O)c1nc(N2CCCc3c2nnc(N=c2sc4ccccc4n2COCC[Si](C)(C)C)c3C)sc1CCCO[Si](C)(C)C(C)(C)C. The highest BCUT2D eigenvalue weighted by atomic mass is 32.1. The van der Waals surface area contributed by atoms with Gasteiger partial charge in [0, 0.05) is 43.8 Å². The molecule has 266 valence electrons. The lowest BCUT2D eigenvalue weighted by atomic mass is 10.0. The Labute approximate surface area is 300 Å². The fourth-order valence-electron chi connectivity index (χ4n) is 5.37. The number of para-hydroxylation sites is 1. The number of anilines is 2. The molecule has 1 aliphatic heterocycles. The lowest BCUT2D eigenvalue weighted by Gasteiger charge is -2.36. The van der Waals surface area contributed by atoms with Gasteiger partial charge in [0.25, 0.3) is 0 Å². The molecule has 0 unspecified atom stereocenters. The third-order valence-corrected chi connectivity index (χ3v) is 17.9. The summed E-state index contributed by atoms with van der Waals surface area (Å²) < 4.78 is 21.0. The van der Waals surface area contributed by atoms with Gasteiger partial charge in [-0.15, -0.1) is 21.5 Å². The van der Waals surface area contributed by atoms with E-state index in [2.05, 4.69) is 99.3 Å². The van der Waals surface area contributed by atoms with Crippen LogP contribution in [0.2, 0.25) is 43.8 Å². The Morgan fingerprint density at radius 3 is 2.53 bits per heavy atom. The minimum Gasteiger partial charge on any atom is -0.464 e. The number of methoxy groups -OCH3 is 1. The number of esters is 1. The molecule has 14 heteroatoms. The minimum atomic E-state index is -1.85. The summed E-state index contributed by atoms with van der Waals surface area (Å²) in [5.74, 6) is 0.969. The predicted molar refractivity (Wildman–Crippen MR) is 206 cm³/mol. The normalized spacial score (nSPS) is 14.5. The zero-order valence-electron chi connectivity index (χ0n) is 30.8. The molecule has 0 bridgehead atoms. The molecule has 1 aliphatic rings. The molecule has 0 saturated heterocycles. The van der Waals surface area contributed by atoms with Crippen LogP contribution < -0.4 is 9.70 Å². The van der Waals surface area contributed by atoms with Crippen LogP contribution in [0, 0.1) is 6.92 Å². The molecule has 0 saturated carbocycles. The van der Waals surface area contributed by atoms with Gasteiger partial charge in [0.15, 0.2) is 35.6 Å². The van der Waals surface area contributed by atoms with Crippen LogP contribution in [0.15, 0.2) is 29.3 Å². The van der Waals surface area contributed by atoms with Crippen LogP contribution in [0.3, 0.4) is 0 Å². The number of rotatable bonds is 13. The minimum absolute atomic E-state index is 0.149. The summed E-state index contributed by atoms with van der Waals surface area (Å²) in [7, 11) is -1.64. The molecule has 0 N–H and O–H groups in total. The van der Waals surface area contributed by atoms with Crippen LogP contribution >= 0.6 is 22.7 Å². The quantitative estimate of drug-likeness (QED) is 0.0763. The van der Waals surface area contributed by atoms with Crippen molar-refractivity contribution in [3.63, 3.8) is 0 Å². The van der Waals surface area contributed by atoms with E-state index >= 15 is 0 Å². The van der Waals surface area contributed by atoms with E-state index in [1.807, 2.05) is 0 Å². The van der Waals surface area contributed by atoms with E-state index in [0.29, 0.717) is 31.3 Å². The molecular weight excluding hydrogens is 689 g/mol. The van der Waals surface area contributed by atoms with Crippen molar-refractivity contribution in [3.8, 4) is 0 Å². The maximum Gasteiger partial charge on any atom is 0.357 e. The maximum absolute atomic E-state index is 12.8. The van der Waals surface area contributed by atoms with Crippen LogP contribution in [0.4, 0.5) is 16.8 Å². The monoisotopic (exact) mass is 740 g/mol. The van der Waals surface area contributed by atoms with E-state index in [9.17, 15) is 4.79 Å². The molecule has 4 aromatic rings. The lowest BCUT2D eigenvalue weighted by Crippen LogP contribution is -2.41. The van der Waals surface area contributed by atoms with Crippen molar-refractivity contribution < 1.29 is 18.7 Å². The number of nitrogens with zero attached hydrogens (tertiary/aromatic N) is 6. The molecule has 0 fully saturated rings. The van der Waals surface area contributed by atoms with E-state index in [1.54, 1.807) is 11.3 Å². The number of hydrogen-bond acceptors (Lipinski definition) is 11. The molecule has 4 heterocycles. The molecule has 0 atom stereocenters. The Balaban J connectivity index is 1.41. The number of aryl methyl sites for hydroxylation is 1. The van der Waals surface area contributed by atoms with Crippen LogP contribution in [0.1, 0.15) is 60.1 Å². The first kappa shape index (κ1) is 37.5. The lowest BCUT2D eigenvalue weighted by molar-refractivity contribution is 0.0593. The first-order valence-electron chi connectivity index (χ1n) is 17.2. The van der Waals surface area contributed by atoms with E-state index in [0.717, 1.165) is 80.4 Å². The fraction of sp³-hybridized carbons (Fsp3) is 0.571. The number of carbonyl (C=O) groups is 1. The van der Waals surface area contributed by atoms with Crippen LogP contribution in [0.25, 0.3) is 10.2 Å². The standard InChI is InChI=1S/C35H52N6O4S2Si2/c1-24-25-15-13-19-40(33-36-29(32(42)43-5)28(47-33)18-14-20-45-49(9,10)35(2,3)4)31(25)39-38-30(24)37-34-41(23-44-21-22-48(6,7)8)26-16-11-12-17-27(26)46-34/h11-12,16-17H,13-15,18-23H2,1-10H3. The highest BCUT2D eigenvalue weighted by Gasteiger charge is 2.37. The largest absolute Gasteiger partial charge is 0.464 e. The van der Waals surface area contributed by atoms with Gasteiger partial charge in [-0.05, 0) is 68.9 Å². The Hall–Kier alpha value is -2.76. The molecule has 0 spiro atoms. The third kappa shape index (κ3) is 8.77. The van der Waals surface area contributed by atoms with Gasteiger partial charge < -0.3 is 18.8 Å². The third-order valence-electron chi connectivity index (χ3n) is 9.48. The predicted octanol–water partition coefficient (Wildman–Crippen LogP) is 8.63. The van der Waals surface area contributed by atoms with Crippen molar-refractivity contribution in [1.82, 2.24) is 19.7 Å². The van der Waals surface area contributed by atoms with Gasteiger partial charge in [0.2, 0.25) is 0 Å². The number of benzene rings is 1. The van der Waals surface area contributed by atoms with E-state index in [4.69, 9.17) is 29.0 Å². The molecule has 49 heavy (non-hydrogen) atoms. The zero-order chi connectivity index (χ0) is 35.6. The molecule has 0 aliphatic carbocycles. The Kier molecular flexibility index (Phi) is 11.7. The first-order valence-corrected chi connectivity index (χ1v) is 25.4. The van der Waals surface area contributed by atoms with Gasteiger partial charge in [-0.3, -0.25) is 4.57 Å². The van der Waals surface area contributed by atoms with Crippen LogP contribution in [0.5, 0.6) is 0 Å². The van der Waals surface area contributed by atoms with Crippen molar-refractivity contribution >= 4 is 72.0 Å². The summed E-state index contributed by atoms with van der Waals surface area (Å²) in [6.07, 6.45) is 3.29. The highest BCUT2D eigenvalue weighted by molar-refractivity contribution is 7.16. The summed E-state index contributed by atoms with van der Waals surface area (Å²) >= 11 is 3.16. The summed E-state index contributed by atoms with van der Waals surface area (Å²) in [5, 5.41) is 10.3. The first-order chi connectivity index (χ1) is 23.1. The topological polar surface area (TPSA) is 104 Å². The number of ether oxygens (including phenoxy) is 2. The average molecular weight is 741 g/mol. The van der Waals surface area contributed by atoms with Gasteiger partial charge in [-0.25, -0.2) is 9.78 Å². The van der Waals surface area contributed by atoms with Crippen molar-refractivity contribution in [3.05, 3.63) is 50.8 Å². The molecule has 10 nitrogen and oxygen atoms in total. The van der Waals surface area contributed by atoms with Crippen LogP contribution in [-0.4, -0.2) is 69.0 Å². The molecule has 0 radical (unpaired) electrons. The van der Waals surface area contributed by atoms with E-state index in [1.165, 1.54) is 18.4 Å². The van der Waals surface area contributed by atoms with Gasteiger partial charge in [0.05, 0.1) is 17.3 Å². The Morgan fingerprint density at radius 1 is 1.06 bits per heavy atom. The second-order valence-corrected chi connectivity index (χ2v) is 27.9. The molecule has 3 aromatic heterocycles. The van der Waals surface area contributed by atoms with E-state index in [-0.39, 0.29) is 5.04 Å². The molecule has 0 amide bonds. The second kappa shape index (κ2) is 15.2. The average Bonchev–Trinajstić information content (AvgIpc) is 3.62. The zero-order valence-corrected chi connectivity index (χ0v) is 34.4. The Morgan fingerprint density at radius 2 is 1.82 bits per heavy atom. The van der Waals surface area contributed by atoms with E-state index < -0.39 is 22.4 Å². The molecular formula is C35H52N6O4S2Si2. The summed E-state index contributed by atoms with van der Waals surface area (Å²) in [6.45, 7) is 23.0. The number of fused-ring (bicyclic) bond motifs is 2. The Bertz CT molecular complexity index is 1860. The van der Waals surface area contributed by atoms with Crippen LogP contribution in [-0.2, 0) is 33.5 Å². The summed E-state index contributed by atoms with van der Waals surface area (Å²) in [6, 6.07) is 9.45. The van der Waals surface area contributed by atoms with Gasteiger partial charge in [-0.1, -0.05) is 63.9 Å². The number of carbonyl (C=O) groups excluding carboxylic acids is 1. The maximum atomic E-state index is 12.8.